The Kier molecular flexibility index (Phi) is 3.57. The predicted octanol–water partition coefficient (Wildman–Crippen LogP) is 1.85. The second-order valence-electron chi connectivity index (χ2n) is 5.51. The van der Waals surface area contributed by atoms with Crippen molar-refractivity contribution in [2.45, 2.75) is 6.42 Å². The van der Waals surface area contributed by atoms with Gasteiger partial charge in [-0.05, 0) is 29.0 Å². The Morgan fingerprint density at radius 3 is 2.80 bits per heavy atom. The van der Waals surface area contributed by atoms with Crippen LogP contribution in [-0.2, 0) is 11.2 Å². The summed E-state index contributed by atoms with van der Waals surface area (Å²) >= 11 is 0. The number of hydrogen-bond donors (Lipinski definition) is 1. The zero-order valence-electron chi connectivity index (χ0n) is 13.7. The lowest BCUT2D eigenvalue weighted by Crippen LogP contribution is -2.28. The van der Waals surface area contributed by atoms with E-state index in [9.17, 15) is 4.79 Å². The first-order valence-electron chi connectivity index (χ1n) is 7.64. The van der Waals surface area contributed by atoms with Gasteiger partial charge in [0.25, 0.3) is 5.91 Å². The minimum absolute atomic E-state index is 0.301. The fraction of sp³-hybridized carbons (Fsp3) is 0.176. The first-order valence-corrected chi connectivity index (χ1v) is 7.64. The second-order valence-corrected chi connectivity index (χ2v) is 5.51. The number of nitrogens with one attached hydrogen (secondary N) is 1. The Bertz CT molecular complexity index is 1010. The molecule has 3 aromatic rings. The van der Waals surface area contributed by atoms with Crippen molar-refractivity contribution in [1.29, 1.82) is 0 Å². The van der Waals surface area contributed by atoms with Crippen molar-refractivity contribution in [3.63, 3.8) is 0 Å². The Morgan fingerprint density at radius 2 is 2.00 bits per heavy atom. The van der Waals surface area contributed by atoms with Crippen LogP contribution in [0.25, 0.3) is 11.0 Å². The number of para-hydroxylation sites is 1. The summed E-state index contributed by atoms with van der Waals surface area (Å²) in [7, 11) is 3.10. The highest BCUT2D eigenvalue weighted by molar-refractivity contribution is 6.43. The lowest BCUT2D eigenvalue weighted by Gasteiger charge is -2.14. The molecule has 126 valence electrons. The topological polar surface area (TPSA) is 90.6 Å². The number of methoxy groups -OCH3 is 2. The largest absolute Gasteiger partial charge is 0.493 e. The Morgan fingerprint density at radius 1 is 1.16 bits per heavy atom. The van der Waals surface area contributed by atoms with Crippen molar-refractivity contribution in [2.24, 2.45) is 5.10 Å². The average Bonchev–Trinajstić information content (AvgIpc) is 3.06. The molecule has 25 heavy (non-hydrogen) atoms. The van der Waals surface area contributed by atoms with E-state index < -0.39 is 0 Å². The molecule has 2 aromatic carbocycles. The van der Waals surface area contributed by atoms with Crippen LogP contribution in [0.15, 0.2) is 41.5 Å². The number of anilines is 1. The Hall–Kier alpha value is -3.42. The second kappa shape index (κ2) is 5.90. The molecule has 1 aliphatic rings. The molecular formula is C17H15N5O3. The van der Waals surface area contributed by atoms with Crippen molar-refractivity contribution < 1.29 is 14.3 Å². The highest BCUT2D eigenvalue weighted by atomic mass is 16.5. The van der Waals surface area contributed by atoms with Gasteiger partial charge in [-0.25, -0.2) is 0 Å². The van der Waals surface area contributed by atoms with Crippen LogP contribution in [0.3, 0.4) is 0 Å². The van der Waals surface area contributed by atoms with E-state index in [1.54, 1.807) is 32.4 Å². The van der Waals surface area contributed by atoms with Gasteiger partial charge in [0.15, 0.2) is 11.5 Å². The summed E-state index contributed by atoms with van der Waals surface area (Å²) in [4.78, 5) is 14.0. The van der Waals surface area contributed by atoms with Gasteiger partial charge >= 0.3 is 0 Å². The Balaban J connectivity index is 1.61. The van der Waals surface area contributed by atoms with Gasteiger partial charge in [-0.15, -0.1) is 15.0 Å². The fourth-order valence-electron chi connectivity index (χ4n) is 2.81. The molecule has 0 fully saturated rings. The number of carbonyl (C=O) groups is 1. The van der Waals surface area contributed by atoms with E-state index >= 15 is 0 Å². The fourth-order valence-corrected chi connectivity index (χ4v) is 2.81. The number of hydrogen-bond acceptors (Lipinski definition) is 6. The maximum Gasteiger partial charge on any atom is 0.272 e. The third-order valence-electron chi connectivity index (χ3n) is 4.01. The standard InChI is InChI=1S/C17H15N5O3/c1-24-14-7-6-11(9-15(14)25-2)18-17(23)13-8-10-4-3-5-12-16(10)22(20-13)21-19-12/h3-7,9H,8H2,1-2H3,(H,18,23). The molecule has 8 heteroatoms. The van der Waals surface area contributed by atoms with Crippen molar-refractivity contribution in [2.75, 3.05) is 19.5 Å². The van der Waals surface area contributed by atoms with Gasteiger partial charge in [0.1, 0.15) is 16.7 Å². The molecule has 1 aromatic heterocycles. The average molecular weight is 337 g/mol. The molecule has 0 saturated heterocycles. The molecule has 0 unspecified atom stereocenters. The third-order valence-corrected chi connectivity index (χ3v) is 4.01. The summed E-state index contributed by atoms with van der Waals surface area (Å²) in [6.45, 7) is 0. The van der Waals surface area contributed by atoms with E-state index in [1.165, 1.54) is 4.79 Å². The first kappa shape index (κ1) is 15.1. The molecule has 0 spiro atoms. The predicted molar refractivity (Wildman–Crippen MR) is 92.2 cm³/mol. The van der Waals surface area contributed by atoms with Crippen LogP contribution in [0.2, 0.25) is 0 Å². The van der Waals surface area contributed by atoms with Gasteiger partial charge in [0, 0.05) is 18.2 Å². The van der Waals surface area contributed by atoms with Gasteiger partial charge in [0.2, 0.25) is 0 Å². The van der Waals surface area contributed by atoms with Crippen molar-refractivity contribution in [1.82, 2.24) is 15.1 Å². The van der Waals surface area contributed by atoms with E-state index in [0.29, 0.717) is 29.3 Å². The highest BCUT2D eigenvalue weighted by Gasteiger charge is 2.22. The van der Waals surface area contributed by atoms with E-state index in [1.807, 2.05) is 18.2 Å². The van der Waals surface area contributed by atoms with Crippen LogP contribution in [0.4, 0.5) is 5.69 Å². The molecule has 4 rings (SSSR count). The van der Waals surface area contributed by atoms with Crippen LogP contribution in [0.5, 0.6) is 11.5 Å². The lowest BCUT2D eigenvalue weighted by atomic mass is 10.0. The molecule has 1 amide bonds. The van der Waals surface area contributed by atoms with Crippen LogP contribution < -0.4 is 14.8 Å². The van der Waals surface area contributed by atoms with Crippen molar-refractivity contribution in [3.8, 4) is 11.5 Å². The maximum absolute atomic E-state index is 12.6. The summed E-state index contributed by atoms with van der Waals surface area (Å²) in [6.07, 6.45) is 0.420. The van der Waals surface area contributed by atoms with E-state index in [0.717, 1.165) is 16.6 Å². The summed E-state index contributed by atoms with van der Waals surface area (Å²) in [5.41, 5.74) is 3.52. The van der Waals surface area contributed by atoms with Crippen LogP contribution in [0.1, 0.15) is 5.56 Å². The summed E-state index contributed by atoms with van der Waals surface area (Å²) in [5.74, 6) is 0.828. The number of benzene rings is 2. The number of ether oxygens (including phenoxy) is 2. The minimum atomic E-state index is -0.301. The highest BCUT2D eigenvalue weighted by Crippen LogP contribution is 2.30. The quantitative estimate of drug-likeness (QED) is 0.784. The molecule has 0 atom stereocenters. The molecule has 8 nitrogen and oxygen atoms in total. The van der Waals surface area contributed by atoms with Crippen LogP contribution in [0, 0.1) is 0 Å². The zero-order chi connectivity index (χ0) is 17.4. The van der Waals surface area contributed by atoms with Gasteiger partial charge in [-0.2, -0.15) is 0 Å². The van der Waals surface area contributed by atoms with Crippen LogP contribution in [-0.4, -0.2) is 40.9 Å². The number of amides is 1. The van der Waals surface area contributed by atoms with Gasteiger partial charge in [0.05, 0.1) is 14.2 Å². The molecule has 1 aliphatic heterocycles. The molecule has 0 bridgehead atoms. The van der Waals surface area contributed by atoms with Gasteiger partial charge < -0.3 is 14.8 Å². The first-order chi connectivity index (χ1) is 12.2. The normalized spacial score (nSPS) is 12.6. The Labute approximate surface area is 143 Å². The summed E-state index contributed by atoms with van der Waals surface area (Å²) < 4.78 is 10.4. The van der Waals surface area contributed by atoms with Crippen molar-refractivity contribution >= 4 is 28.3 Å². The zero-order valence-corrected chi connectivity index (χ0v) is 13.7. The number of aromatic nitrogens is 3. The van der Waals surface area contributed by atoms with Gasteiger partial charge in [-0.3, -0.25) is 4.79 Å². The van der Waals surface area contributed by atoms with E-state index in [-0.39, 0.29) is 5.91 Å². The SMILES string of the molecule is COc1ccc(NC(=O)C2=Nn3nnc4cccc(c43)C2)cc1OC. The molecular weight excluding hydrogens is 322 g/mol. The monoisotopic (exact) mass is 337 g/mol. The molecule has 0 radical (unpaired) electrons. The smallest absolute Gasteiger partial charge is 0.272 e. The minimum Gasteiger partial charge on any atom is -0.493 e. The molecule has 2 heterocycles. The number of carbonyl (C=O) groups excluding carboxylic acids is 1. The molecule has 0 saturated carbocycles. The molecule has 0 aliphatic carbocycles. The number of rotatable bonds is 4. The van der Waals surface area contributed by atoms with Crippen LogP contribution >= 0.6 is 0 Å². The lowest BCUT2D eigenvalue weighted by molar-refractivity contribution is -0.110. The van der Waals surface area contributed by atoms with Gasteiger partial charge in [-0.1, -0.05) is 12.1 Å². The summed E-state index contributed by atoms with van der Waals surface area (Å²) in [6, 6.07) is 10.9. The van der Waals surface area contributed by atoms with Crippen molar-refractivity contribution in [3.05, 3.63) is 42.0 Å². The van der Waals surface area contributed by atoms with E-state index in [2.05, 4.69) is 20.7 Å². The molecule has 1 N–H and O–H groups in total. The third kappa shape index (κ3) is 2.57. The maximum atomic E-state index is 12.6. The van der Waals surface area contributed by atoms with E-state index in [4.69, 9.17) is 9.47 Å². The summed E-state index contributed by atoms with van der Waals surface area (Å²) in [5, 5.41) is 15.1. The number of nitrogens with zero attached hydrogens (tertiary/aromatic N) is 4.